The lowest BCUT2D eigenvalue weighted by atomic mass is 9.95. The highest BCUT2D eigenvalue weighted by Crippen LogP contribution is 2.13. The number of aliphatic hydroxyl groups excluding tert-OH is 1. The fourth-order valence-electron chi connectivity index (χ4n) is 1.67. The lowest BCUT2D eigenvalue weighted by Gasteiger charge is -2.25. The third kappa shape index (κ3) is 2.75. The molecule has 0 radical (unpaired) electrons. The molecule has 1 saturated heterocycles. The van der Waals surface area contributed by atoms with Crippen molar-refractivity contribution >= 4 is 11.8 Å². The molecule has 18 heavy (non-hydrogen) atoms. The lowest BCUT2D eigenvalue weighted by Crippen LogP contribution is -2.52. The van der Waals surface area contributed by atoms with Crippen molar-refractivity contribution in [2.45, 2.75) is 12.5 Å². The molecule has 1 aliphatic rings. The van der Waals surface area contributed by atoms with Gasteiger partial charge in [0.2, 0.25) is 5.91 Å². The van der Waals surface area contributed by atoms with Crippen LogP contribution in [0.5, 0.6) is 5.75 Å². The molecule has 1 aliphatic heterocycles. The van der Waals surface area contributed by atoms with E-state index in [1.165, 1.54) is 6.20 Å². The molecule has 2 unspecified atom stereocenters. The van der Waals surface area contributed by atoms with Gasteiger partial charge in [-0.15, -0.1) is 0 Å². The van der Waals surface area contributed by atoms with Crippen LogP contribution in [0.25, 0.3) is 0 Å². The van der Waals surface area contributed by atoms with E-state index in [1.807, 2.05) is 0 Å². The summed E-state index contributed by atoms with van der Waals surface area (Å²) in [6.07, 6.45) is 2.33. The third-order valence-corrected chi connectivity index (χ3v) is 2.59. The number of carbonyl (C=O) groups excluding carboxylic acids is 2. The van der Waals surface area contributed by atoms with Gasteiger partial charge in [-0.2, -0.15) is 5.48 Å². The molecule has 2 amide bonds. The maximum Gasteiger partial charge on any atom is 0.267 e. The predicted octanol–water partition coefficient (Wildman–Crippen LogP) is -1.01. The van der Waals surface area contributed by atoms with Crippen LogP contribution in [0.3, 0.4) is 0 Å². The summed E-state index contributed by atoms with van der Waals surface area (Å²) in [4.78, 5) is 31.9. The van der Waals surface area contributed by atoms with Gasteiger partial charge in [-0.1, -0.05) is 0 Å². The minimum absolute atomic E-state index is 0.344. The Morgan fingerprint density at radius 3 is 3.11 bits per heavy atom. The summed E-state index contributed by atoms with van der Waals surface area (Å²) in [6, 6.07) is 3.24. The molecule has 0 saturated carbocycles. The van der Waals surface area contributed by atoms with Crippen LogP contribution < -0.4 is 15.6 Å². The van der Waals surface area contributed by atoms with Crippen molar-refractivity contribution in [1.29, 1.82) is 0 Å². The fourth-order valence-corrected chi connectivity index (χ4v) is 1.67. The van der Waals surface area contributed by atoms with Crippen LogP contribution in [-0.4, -0.2) is 34.6 Å². The summed E-state index contributed by atoms with van der Waals surface area (Å²) in [6.45, 7) is 0.368. The highest BCUT2D eigenvalue weighted by atomic mass is 16.7. The largest absolute Gasteiger partial charge is 0.392 e. The number of rotatable bonds is 3. The Labute approximate surface area is 103 Å². The van der Waals surface area contributed by atoms with Crippen LogP contribution in [0.15, 0.2) is 24.5 Å². The van der Waals surface area contributed by atoms with Gasteiger partial charge in [0.15, 0.2) is 5.75 Å². The SMILES string of the molecule is O=C1NCCC(O)C1C(=O)NOc1cccnc1. The second kappa shape index (κ2) is 5.46. The first kappa shape index (κ1) is 12.3. The number of nitrogens with zero attached hydrogens (tertiary/aromatic N) is 1. The predicted molar refractivity (Wildman–Crippen MR) is 60.1 cm³/mol. The Balaban J connectivity index is 1.93. The van der Waals surface area contributed by atoms with E-state index in [-0.39, 0.29) is 0 Å². The molecule has 0 aromatic carbocycles. The minimum Gasteiger partial charge on any atom is -0.392 e. The van der Waals surface area contributed by atoms with E-state index in [0.29, 0.717) is 18.7 Å². The Morgan fingerprint density at radius 1 is 1.61 bits per heavy atom. The Hall–Kier alpha value is -2.15. The number of aromatic nitrogens is 1. The molecule has 3 N–H and O–H groups in total. The zero-order chi connectivity index (χ0) is 13.0. The number of hydroxylamine groups is 1. The van der Waals surface area contributed by atoms with E-state index in [9.17, 15) is 14.7 Å². The number of amides is 2. The highest BCUT2D eigenvalue weighted by Gasteiger charge is 2.37. The zero-order valence-electron chi connectivity index (χ0n) is 9.50. The number of nitrogens with one attached hydrogen (secondary N) is 2. The standard InChI is InChI=1S/C11H13N3O4/c15-8-3-5-13-10(16)9(8)11(17)14-18-7-2-1-4-12-6-7/h1-2,4,6,8-9,15H,3,5H2,(H,13,16)(H,14,17). The molecule has 2 rings (SSSR count). The van der Waals surface area contributed by atoms with E-state index >= 15 is 0 Å². The second-order valence-corrected chi connectivity index (χ2v) is 3.88. The first-order valence-electron chi connectivity index (χ1n) is 5.51. The van der Waals surface area contributed by atoms with Gasteiger partial charge in [0, 0.05) is 12.7 Å². The summed E-state index contributed by atoms with van der Waals surface area (Å²) in [7, 11) is 0. The topological polar surface area (TPSA) is 101 Å². The molecule has 1 fully saturated rings. The minimum atomic E-state index is -1.14. The number of aliphatic hydroxyl groups is 1. The van der Waals surface area contributed by atoms with E-state index < -0.39 is 23.8 Å². The Bertz CT molecular complexity index is 437. The van der Waals surface area contributed by atoms with Crippen molar-refractivity contribution in [3.05, 3.63) is 24.5 Å². The molecular weight excluding hydrogens is 238 g/mol. The van der Waals surface area contributed by atoms with E-state index in [2.05, 4.69) is 15.8 Å². The molecule has 0 spiro atoms. The van der Waals surface area contributed by atoms with Crippen molar-refractivity contribution in [3.8, 4) is 5.75 Å². The van der Waals surface area contributed by atoms with Gasteiger partial charge in [0.1, 0.15) is 5.92 Å². The van der Waals surface area contributed by atoms with Crippen LogP contribution in [-0.2, 0) is 9.59 Å². The molecule has 1 aromatic heterocycles. The average Bonchev–Trinajstić information content (AvgIpc) is 2.37. The van der Waals surface area contributed by atoms with Crippen LogP contribution >= 0.6 is 0 Å². The quantitative estimate of drug-likeness (QED) is 0.472. The Morgan fingerprint density at radius 2 is 2.44 bits per heavy atom. The van der Waals surface area contributed by atoms with E-state index in [0.717, 1.165) is 0 Å². The molecule has 1 aromatic rings. The van der Waals surface area contributed by atoms with Crippen LogP contribution in [0.2, 0.25) is 0 Å². The third-order valence-electron chi connectivity index (χ3n) is 2.59. The first-order chi connectivity index (χ1) is 8.68. The summed E-state index contributed by atoms with van der Waals surface area (Å²) < 4.78 is 0. The maximum absolute atomic E-state index is 11.7. The molecule has 0 aliphatic carbocycles. The summed E-state index contributed by atoms with van der Waals surface area (Å²) in [5, 5.41) is 12.1. The number of hydrogen-bond donors (Lipinski definition) is 3. The smallest absolute Gasteiger partial charge is 0.267 e. The molecular formula is C11H13N3O4. The van der Waals surface area contributed by atoms with Crippen molar-refractivity contribution < 1.29 is 19.5 Å². The monoisotopic (exact) mass is 251 g/mol. The normalized spacial score (nSPS) is 23.1. The summed E-state index contributed by atoms with van der Waals surface area (Å²) in [5.74, 6) is -1.98. The summed E-state index contributed by atoms with van der Waals surface area (Å²) >= 11 is 0. The van der Waals surface area contributed by atoms with Gasteiger partial charge in [0.25, 0.3) is 5.91 Å². The van der Waals surface area contributed by atoms with Crippen LogP contribution in [0, 0.1) is 5.92 Å². The maximum atomic E-state index is 11.7. The fraction of sp³-hybridized carbons (Fsp3) is 0.364. The van der Waals surface area contributed by atoms with Crippen molar-refractivity contribution in [2.24, 2.45) is 5.92 Å². The lowest BCUT2D eigenvalue weighted by molar-refractivity contribution is -0.146. The second-order valence-electron chi connectivity index (χ2n) is 3.88. The van der Waals surface area contributed by atoms with Crippen LogP contribution in [0.1, 0.15) is 6.42 Å². The van der Waals surface area contributed by atoms with Crippen molar-refractivity contribution in [2.75, 3.05) is 6.54 Å². The van der Waals surface area contributed by atoms with Gasteiger partial charge in [0.05, 0.1) is 12.3 Å². The molecule has 7 heteroatoms. The summed E-state index contributed by atoms with van der Waals surface area (Å²) in [5.41, 5.74) is 2.13. The van der Waals surface area contributed by atoms with Crippen molar-refractivity contribution in [1.82, 2.24) is 15.8 Å². The Kier molecular flexibility index (Phi) is 3.73. The zero-order valence-corrected chi connectivity index (χ0v) is 9.50. The van der Waals surface area contributed by atoms with E-state index in [4.69, 9.17) is 4.84 Å². The number of pyridine rings is 1. The highest BCUT2D eigenvalue weighted by molar-refractivity contribution is 6.01. The molecule has 7 nitrogen and oxygen atoms in total. The van der Waals surface area contributed by atoms with Gasteiger partial charge in [-0.05, 0) is 18.6 Å². The molecule has 96 valence electrons. The molecule has 2 heterocycles. The van der Waals surface area contributed by atoms with Gasteiger partial charge < -0.3 is 15.3 Å². The van der Waals surface area contributed by atoms with Gasteiger partial charge in [-0.3, -0.25) is 14.6 Å². The van der Waals surface area contributed by atoms with Crippen molar-refractivity contribution in [3.63, 3.8) is 0 Å². The number of carbonyl (C=O) groups is 2. The van der Waals surface area contributed by atoms with Gasteiger partial charge >= 0.3 is 0 Å². The molecule has 2 atom stereocenters. The van der Waals surface area contributed by atoms with Gasteiger partial charge in [-0.25, -0.2) is 0 Å². The number of hydrogen-bond acceptors (Lipinski definition) is 5. The van der Waals surface area contributed by atoms with Crippen LogP contribution in [0.4, 0.5) is 0 Å². The average molecular weight is 251 g/mol. The van der Waals surface area contributed by atoms with E-state index in [1.54, 1.807) is 18.3 Å². The molecule has 0 bridgehead atoms. The first-order valence-corrected chi connectivity index (χ1v) is 5.51. The number of piperidine rings is 1.